The van der Waals surface area contributed by atoms with E-state index in [-0.39, 0.29) is 9.86 Å². The molecule has 0 N–H and O–H groups in total. The van der Waals surface area contributed by atoms with E-state index in [1.54, 1.807) is 6.08 Å². The Kier molecular flexibility index (Phi) is 5.58. The highest BCUT2D eigenvalue weighted by Gasteiger charge is 2.17. The summed E-state index contributed by atoms with van der Waals surface area (Å²) in [7, 11) is -1.33. The summed E-state index contributed by atoms with van der Waals surface area (Å²) in [5.41, 5.74) is 3.96. The summed E-state index contributed by atoms with van der Waals surface area (Å²) in [5.74, 6) is 3.01. The van der Waals surface area contributed by atoms with Gasteiger partial charge in [-0.3, -0.25) is 4.79 Å². The van der Waals surface area contributed by atoms with Gasteiger partial charge in [0.15, 0.2) is 0 Å². The minimum atomic E-state index is -1.33. The molecular formula is C13H22OSSi. The predicted molar refractivity (Wildman–Crippen MR) is 77.2 cm³/mol. The third-order valence-corrected chi connectivity index (χ3v) is 3.47. The molecule has 0 heterocycles. The lowest BCUT2D eigenvalue weighted by Crippen LogP contribution is -2.16. The summed E-state index contributed by atoms with van der Waals surface area (Å²) >= 11 is 1.36. The molecule has 0 spiro atoms. The van der Waals surface area contributed by atoms with E-state index < -0.39 is 8.07 Å². The molecule has 0 atom stereocenters. The summed E-state index contributed by atoms with van der Waals surface area (Å²) in [6.07, 6.45) is 1.75. The van der Waals surface area contributed by atoms with Crippen molar-refractivity contribution in [1.82, 2.24) is 0 Å². The SMILES string of the molecule is C/C(=C\C#C[Si](C)(C)C)C(=O)SC(C)(C)C. The van der Waals surface area contributed by atoms with Gasteiger partial charge in [-0.25, -0.2) is 0 Å². The van der Waals surface area contributed by atoms with Crippen molar-refractivity contribution in [3.05, 3.63) is 11.6 Å². The van der Waals surface area contributed by atoms with Crippen molar-refractivity contribution in [3.8, 4) is 11.5 Å². The highest BCUT2D eigenvalue weighted by atomic mass is 32.2. The molecule has 0 rings (SSSR count). The molecule has 16 heavy (non-hydrogen) atoms. The van der Waals surface area contributed by atoms with Crippen LogP contribution >= 0.6 is 11.8 Å². The molecule has 0 radical (unpaired) electrons. The maximum Gasteiger partial charge on any atom is 0.216 e. The zero-order valence-corrected chi connectivity index (χ0v) is 13.2. The monoisotopic (exact) mass is 254 g/mol. The van der Waals surface area contributed by atoms with E-state index in [0.29, 0.717) is 0 Å². The second-order valence-electron chi connectivity index (χ2n) is 5.85. The lowest BCUT2D eigenvalue weighted by Gasteiger charge is -2.15. The average Bonchev–Trinajstić information content (AvgIpc) is 1.98. The Hall–Kier alpha value is -0.463. The number of carbonyl (C=O) groups is 1. The van der Waals surface area contributed by atoms with Crippen LogP contribution in [0.5, 0.6) is 0 Å². The first-order valence-corrected chi connectivity index (χ1v) is 9.76. The maximum absolute atomic E-state index is 11.8. The van der Waals surface area contributed by atoms with E-state index in [4.69, 9.17) is 0 Å². The van der Waals surface area contributed by atoms with Crippen LogP contribution in [0, 0.1) is 11.5 Å². The first-order valence-electron chi connectivity index (χ1n) is 5.44. The Morgan fingerprint density at radius 3 is 2.12 bits per heavy atom. The quantitative estimate of drug-likeness (QED) is 0.401. The van der Waals surface area contributed by atoms with Crippen LogP contribution < -0.4 is 0 Å². The van der Waals surface area contributed by atoms with Crippen LogP contribution in [0.3, 0.4) is 0 Å². The van der Waals surface area contributed by atoms with Crippen LogP contribution in [-0.2, 0) is 4.79 Å². The van der Waals surface area contributed by atoms with Crippen molar-refractivity contribution in [3.63, 3.8) is 0 Å². The molecule has 0 aliphatic heterocycles. The summed E-state index contributed by atoms with van der Waals surface area (Å²) in [4.78, 5) is 11.8. The Balaban J connectivity index is 4.56. The highest BCUT2D eigenvalue weighted by molar-refractivity contribution is 8.15. The molecule has 1 nitrogen and oxygen atoms in total. The molecule has 0 aromatic heterocycles. The minimum Gasteiger partial charge on any atom is -0.282 e. The lowest BCUT2D eigenvalue weighted by atomic mass is 10.3. The zero-order valence-electron chi connectivity index (χ0n) is 11.4. The average molecular weight is 254 g/mol. The van der Waals surface area contributed by atoms with Crippen molar-refractivity contribution in [2.75, 3.05) is 0 Å². The topological polar surface area (TPSA) is 17.1 Å². The van der Waals surface area contributed by atoms with E-state index in [2.05, 4.69) is 31.1 Å². The third kappa shape index (κ3) is 8.81. The van der Waals surface area contributed by atoms with E-state index >= 15 is 0 Å². The molecule has 0 unspecified atom stereocenters. The molecule has 0 fully saturated rings. The maximum atomic E-state index is 11.8. The van der Waals surface area contributed by atoms with Crippen LogP contribution in [0.15, 0.2) is 11.6 Å². The first-order chi connectivity index (χ1) is 7.01. The highest BCUT2D eigenvalue weighted by Crippen LogP contribution is 2.26. The van der Waals surface area contributed by atoms with Crippen molar-refractivity contribution in [1.29, 1.82) is 0 Å². The molecule has 3 heteroatoms. The molecule has 0 amide bonds. The third-order valence-electron chi connectivity index (χ3n) is 1.46. The predicted octanol–water partition coefficient (Wildman–Crippen LogP) is 3.87. The standard InChI is InChI=1S/C13H22OSSi/c1-11(9-8-10-16(5,6)7)12(14)15-13(2,3)4/h9H,1-7H3/b11-9+. The number of allylic oxidation sites excluding steroid dienone is 1. The Labute approximate surface area is 105 Å². The normalized spacial score (nSPS) is 13.1. The van der Waals surface area contributed by atoms with E-state index in [1.807, 2.05) is 27.7 Å². The van der Waals surface area contributed by atoms with Gasteiger partial charge in [-0.05, 0) is 13.0 Å². The van der Waals surface area contributed by atoms with Gasteiger partial charge in [0.05, 0.1) is 0 Å². The second-order valence-corrected chi connectivity index (χ2v) is 12.4. The Morgan fingerprint density at radius 2 is 1.75 bits per heavy atom. The fourth-order valence-electron chi connectivity index (χ4n) is 0.778. The molecule has 0 aliphatic carbocycles. The van der Waals surface area contributed by atoms with Gasteiger partial charge in [0.25, 0.3) is 0 Å². The second kappa shape index (κ2) is 5.74. The summed E-state index contributed by atoms with van der Waals surface area (Å²) < 4.78 is -0.0294. The van der Waals surface area contributed by atoms with Gasteiger partial charge in [0, 0.05) is 10.3 Å². The van der Waals surface area contributed by atoms with Crippen molar-refractivity contribution in [2.45, 2.75) is 52.1 Å². The van der Waals surface area contributed by atoms with Gasteiger partial charge in [0.2, 0.25) is 5.12 Å². The molecule has 90 valence electrons. The zero-order chi connectivity index (χ0) is 13.0. The molecule has 0 bridgehead atoms. The van der Waals surface area contributed by atoms with Crippen LogP contribution in [0.2, 0.25) is 19.6 Å². The largest absolute Gasteiger partial charge is 0.282 e. The molecule has 0 saturated carbocycles. The van der Waals surface area contributed by atoms with Gasteiger partial charge in [-0.1, -0.05) is 58.1 Å². The minimum absolute atomic E-state index is 0.0294. The van der Waals surface area contributed by atoms with E-state index in [0.717, 1.165) is 5.57 Å². The Bertz CT molecular complexity index is 345. The van der Waals surface area contributed by atoms with Crippen LogP contribution in [0.4, 0.5) is 0 Å². The van der Waals surface area contributed by atoms with Crippen LogP contribution in [0.1, 0.15) is 27.7 Å². The first kappa shape index (κ1) is 15.5. The summed E-state index contributed by atoms with van der Waals surface area (Å²) in [5, 5.41) is 0.123. The van der Waals surface area contributed by atoms with Gasteiger partial charge in [0.1, 0.15) is 8.07 Å². The van der Waals surface area contributed by atoms with E-state index in [9.17, 15) is 4.79 Å². The smallest absolute Gasteiger partial charge is 0.216 e. The number of hydrogen-bond donors (Lipinski definition) is 0. The Morgan fingerprint density at radius 1 is 1.25 bits per heavy atom. The molecule has 0 saturated heterocycles. The lowest BCUT2D eigenvalue weighted by molar-refractivity contribution is -0.107. The number of thioether (sulfide) groups is 1. The van der Waals surface area contributed by atoms with Gasteiger partial charge < -0.3 is 0 Å². The van der Waals surface area contributed by atoms with Gasteiger partial charge >= 0.3 is 0 Å². The van der Waals surface area contributed by atoms with Crippen molar-refractivity contribution >= 4 is 25.0 Å². The summed E-state index contributed by atoms with van der Waals surface area (Å²) in [6, 6.07) is 0. The molecule has 0 aromatic carbocycles. The number of rotatable bonds is 1. The fraction of sp³-hybridized carbons (Fsp3) is 0.615. The van der Waals surface area contributed by atoms with Gasteiger partial charge in [-0.15, -0.1) is 5.54 Å². The van der Waals surface area contributed by atoms with Crippen molar-refractivity contribution < 1.29 is 4.79 Å². The van der Waals surface area contributed by atoms with Crippen LogP contribution in [-0.4, -0.2) is 17.9 Å². The van der Waals surface area contributed by atoms with Gasteiger partial charge in [-0.2, -0.15) is 0 Å². The van der Waals surface area contributed by atoms with Crippen LogP contribution in [0.25, 0.3) is 0 Å². The molecular weight excluding hydrogens is 232 g/mol. The molecule has 0 aliphatic rings. The molecule has 0 aromatic rings. The van der Waals surface area contributed by atoms with Crippen molar-refractivity contribution in [2.24, 2.45) is 0 Å². The fourth-order valence-corrected chi connectivity index (χ4v) is 2.06. The van der Waals surface area contributed by atoms with E-state index in [1.165, 1.54) is 11.8 Å². The summed E-state index contributed by atoms with van der Waals surface area (Å²) in [6.45, 7) is 14.5. The number of carbonyl (C=O) groups excluding carboxylic acids is 1. The number of hydrogen-bond acceptors (Lipinski definition) is 2.